The molecule has 0 aliphatic carbocycles. The Balaban J connectivity index is 2.19. The molecule has 2 amide bonds. The summed E-state index contributed by atoms with van der Waals surface area (Å²) < 4.78 is 1.44. The van der Waals surface area contributed by atoms with Crippen molar-refractivity contribution in [3.05, 3.63) is 41.4 Å². The highest BCUT2D eigenvalue weighted by Crippen LogP contribution is 2.24. The van der Waals surface area contributed by atoms with E-state index in [9.17, 15) is 9.59 Å². The van der Waals surface area contributed by atoms with Gasteiger partial charge in [0.25, 0.3) is 5.91 Å². The molecule has 0 saturated heterocycles. The van der Waals surface area contributed by atoms with Crippen LogP contribution in [0.3, 0.4) is 0 Å². The summed E-state index contributed by atoms with van der Waals surface area (Å²) in [6.07, 6.45) is 2.83. The highest BCUT2D eigenvalue weighted by molar-refractivity contribution is 6.34. The van der Waals surface area contributed by atoms with Crippen LogP contribution in [-0.4, -0.2) is 44.6 Å². The van der Waals surface area contributed by atoms with Crippen molar-refractivity contribution in [3.8, 4) is 0 Å². The summed E-state index contributed by atoms with van der Waals surface area (Å²) in [7, 11) is 0. The molecule has 0 saturated carbocycles. The maximum absolute atomic E-state index is 12.4. The van der Waals surface area contributed by atoms with Gasteiger partial charge in [-0.2, -0.15) is 5.10 Å². The van der Waals surface area contributed by atoms with Crippen molar-refractivity contribution in [2.45, 2.75) is 26.8 Å². The first-order valence-electron chi connectivity index (χ1n) is 7.71. The monoisotopic (exact) mass is 349 g/mol. The number of carbonyl (C=O) groups is 2. The van der Waals surface area contributed by atoms with E-state index in [1.54, 1.807) is 30.0 Å². The standard InChI is InChI=1S/C16H20ClN5O2/c1-4-21(5-2)16(24)12-6-7-13(17)14(8-12)20-15(23)11(3)22-10-18-9-19-22/h6-11H,4-5H2,1-3H3,(H,20,23)/t11-/m1/s1. The summed E-state index contributed by atoms with van der Waals surface area (Å²) >= 11 is 6.15. The third kappa shape index (κ3) is 3.91. The molecule has 8 heteroatoms. The van der Waals surface area contributed by atoms with E-state index >= 15 is 0 Å². The largest absolute Gasteiger partial charge is 0.339 e. The van der Waals surface area contributed by atoms with Crippen molar-refractivity contribution in [2.24, 2.45) is 0 Å². The molecule has 1 atom stereocenters. The van der Waals surface area contributed by atoms with Crippen LogP contribution in [0.15, 0.2) is 30.9 Å². The van der Waals surface area contributed by atoms with Crippen LogP contribution in [0, 0.1) is 0 Å². The van der Waals surface area contributed by atoms with Crippen LogP contribution in [0.1, 0.15) is 37.2 Å². The number of aromatic nitrogens is 3. The van der Waals surface area contributed by atoms with Gasteiger partial charge in [0.2, 0.25) is 5.91 Å². The molecule has 1 N–H and O–H groups in total. The molecule has 0 radical (unpaired) electrons. The summed E-state index contributed by atoms with van der Waals surface area (Å²) in [5, 5.41) is 7.05. The van der Waals surface area contributed by atoms with Crippen molar-refractivity contribution in [3.63, 3.8) is 0 Å². The SMILES string of the molecule is CCN(CC)C(=O)c1ccc(Cl)c(NC(=O)[C@@H](C)n2cncn2)c1. The molecule has 2 aromatic rings. The summed E-state index contributed by atoms with van der Waals surface area (Å²) in [6.45, 7) is 6.76. The number of rotatable bonds is 6. The fourth-order valence-corrected chi connectivity index (χ4v) is 2.39. The molecule has 2 rings (SSSR count). The lowest BCUT2D eigenvalue weighted by Crippen LogP contribution is -2.30. The lowest BCUT2D eigenvalue weighted by atomic mass is 10.1. The molecule has 0 unspecified atom stereocenters. The van der Waals surface area contributed by atoms with Gasteiger partial charge < -0.3 is 10.2 Å². The van der Waals surface area contributed by atoms with Gasteiger partial charge in [0.15, 0.2) is 0 Å². The van der Waals surface area contributed by atoms with Crippen LogP contribution in [-0.2, 0) is 4.79 Å². The maximum Gasteiger partial charge on any atom is 0.253 e. The highest BCUT2D eigenvalue weighted by Gasteiger charge is 2.19. The van der Waals surface area contributed by atoms with Crippen molar-refractivity contribution >= 4 is 29.1 Å². The van der Waals surface area contributed by atoms with Gasteiger partial charge in [0, 0.05) is 18.7 Å². The Morgan fingerprint density at radius 1 is 1.33 bits per heavy atom. The van der Waals surface area contributed by atoms with Crippen LogP contribution in [0.25, 0.3) is 0 Å². The van der Waals surface area contributed by atoms with E-state index in [0.717, 1.165) is 0 Å². The minimum atomic E-state index is -0.550. The fraction of sp³-hybridized carbons (Fsp3) is 0.375. The van der Waals surface area contributed by atoms with Crippen molar-refractivity contribution < 1.29 is 9.59 Å². The lowest BCUT2D eigenvalue weighted by molar-refractivity contribution is -0.119. The normalized spacial score (nSPS) is 11.8. The second kappa shape index (κ2) is 7.92. The molecule has 1 aromatic heterocycles. The molecule has 0 bridgehead atoms. The average Bonchev–Trinajstić information content (AvgIpc) is 3.11. The van der Waals surface area contributed by atoms with Crippen molar-refractivity contribution in [1.82, 2.24) is 19.7 Å². The number of amides is 2. The number of nitrogens with zero attached hydrogens (tertiary/aromatic N) is 4. The van der Waals surface area contributed by atoms with Gasteiger partial charge >= 0.3 is 0 Å². The molecule has 1 heterocycles. The van der Waals surface area contributed by atoms with E-state index in [2.05, 4.69) is 15.4 Å². The fourth-order valence-electron chi connectivity index (χ4n) is 2.22. The number of carbonyl (C=O) groups excluding carboxylic acids is 2. The number of nitrogens with one attached hydrogen (secondary N) is 1. The van der Waals surface area contributed by atoms with Gasteiger partial charge in [-0.1, -0.05) is 11.6 Å². The second-order valence-electron chi connectivity index (χ2n) is 5.21. The van der Waals surface area contributed by atoms with Crippen LogP contribution in [0.4, 0.5) is 5.69 Å². The Kier molecular flexibility index (Phi) is 5.92. The Hall–Kier alpha value is -2.41. The third-order valence-electron chi connectivity index (χ3n) is 3.73. The molecule has 24 heavy (non-hydrogen) atoms. The zero-order valence-electron chi connectivity index (χ0n) is 13.9. The predicted octanol–water partition coefficient (Wildman–Crippen LogP) is 2.61. The summed E-state index contributed by atoms with van der Waals surface area (Å²) in [6, 6.07) is 4.30. The summed E-state index contributed by atoms with van der Waals surface area (Å²) in [4.78, 5) is 30.3. The smallest absolute Gasteiger partial charge is 0.253 e. The number of halogens is 1. The lowest BCUT2D eigenvalue weighted by Gasteiger charge is -2.19. The maximum atomic E-state index is 12.4. The van der Waals surface area contributed by atoms with Gasteiger partial charge in [0.1, 0.15) is 18.7 Å². The van der Waals surface area contributed by atoms with E-state index in [1.807, 2.05) is 13.8 Å². The van der Waals surface area contributed by atoms with E-state index < -0.39 is 6.04 Å². The average molecular weight is 350 g/mol. The first kappa shape index (κ1) is 17.9. The highest BCUT2D eigenvalue weighted by atomic mass is 35.5. The molecular formula is C16H20ClN5O2. The second-order valence-corrected chi connectivity index (χ2v) is 5.62. The van der Waals surface area contributed by atoms with Gasteiger partial charge in [-0.25, -0.2) is 9.67 Å². The van der Waals surface area contributed by atoms with Gasteiger partial charge in [-0.3, -0.25) is 9.59 Å². The van der Waals surface area contributed by atoms with E-state index in [1.165, 1.54) is 17.3 Å². The van der Waals surface area contributed by atoms with E-state index in [0.29, 0.717) is 29.4 Å². The molecule has 7 nitrogen and oxygen atoms in total. The van der Waals surface area contributed by atoms with Gasteiger partial charge in [0.05, 0.1) is 10.7 Å². The first-order chi connectivity index (χ1) is 11.5. The minimum Gasteiger partial charge on any atom is -0.339 e. The Morgan fingerprint density at radius 3 is 2.62 bits per heavy atom. The number of hydrogen-bond acceptors (Lipinski definition) is 4. The summed E-state index contributed by atoms with van der Waals surface area (Å²) in [5.74, 6) is -0.397. The molecule has 128 valence electrons. The number of anilines is 1. The van der Waals surface area contributed by atoms with Crippen LogP contribution in [0.5, 0.6) is 0 Å². The Bertz CT molecular complexity index is 713. The van der Waals surface area contributed by atoms with E-state index in [-0.39, 0.29) is 11.8 Å². The van der Waals surface area contributed by atoms with Crippen LogP contribution in [0.2, 0.25) is 5.02 Å². The van der Waals surface area contributed by atoms with Crippen LogP contribution < -0.4 is 5.32 Å². The molecular weight excluding hydrogens is 330 g/mol. The molecule has 0 aliphatic heterocycles. The molecule has 0 spiro atoms. The number of hydrogen-bond donors (Lipinski definition) is 1. The zero-order chi connectivity index (χ0) is 17.7. The molecule has 1 aromatic carbocycles. The van der Waals surface area contributed by atoms with Crippen molar-refractivity contribution in [1.29, 1.82) is 0 Å². The minimum absolute atomic E-state index is 0.100. The number of benzene rings is 1. The van der Waals surface area contributed by atoms with Crippen LogP contribution >= 0.6 is 11.6 Å². The Morgan fingerprint density at radius 2 is 2.04 bits per heavy atom. The van der Waals surface area contributed by atoms with E-state index in [4.69, 9.17) is 11.6 Å². The molecule has 0 aliphatic rings. The Labute approximate surface area is 145 Å². The summed E-state index contributed by atoms with van der Waals surface area (Å²) in [5.41, 5.74) is 0.874. The zero-order valence-corrected chi connectivity index (χ0v) is 14.6. The van der Waals surface area contributed by atoms with Gasteiger partial charge in [-0.15, -0.1) is 0 Å². The quantitative estimate of drug-likeness (QED) is 0.869. The van der Waals surface area contributed by atoms with Crippen molar-refractivity contribution in [2.75, 3.05) is 18.4 Å². The van der Waals surface area contributed by atoms with Gasteiger partial charge in [-0.05, 0) is 39.0 Å². The topological polar surface area (TPSA) is 80.1 Å². The third-order valence-corrected chi connectivity index (χ3v) is 4.06. The first-order valence-corrected chi connectivity index (χ1v) is 8.09. The molecule has 0 fully saturated rings. The predicted molar refractivity (Wildman–Crippen MR) is 92.1 cm³/mol.